The Balaban J connectivity index is 2.37. The van der Waals surface area contributed by atoms with Crippen LogP contribution in [0.3, 0.4) is 0 Å². The van der Waals surface area contributed by atoms with E-state index >= 15 is 0 Å². The van der Waals surface area contributed by atoms with Gasteiger partial charge in [0.15, 0.2) is 0 Å². The quantitative estimate of drug-likeness (QED) is 0.841. The summed E-state index contributed by atoms with van der Waals surface area (Å²) >= 11 is 0. The Morgan fingerprint density at radius 3 is 2.26 bits per heavy atom. The van der Waals surface area contributed by atoms with Crippen molar-refractivity contribution in [2.24, 2.45) is 0 Å². The van der Waals surface area contributed by atoms with Crippen LogP contribution >= 0.6 is 0 Å². The fourth-order valence-corrected chi connectivity index (χ4v) is 2.85. The van der Waals surface area contributed by atoms with Crippen molar-refractivity contribution >= 4 is 15.7 Å². The molecule has 5 nitrogen and oxygen atoms in total. The van der Waals surface area contributed by atoms with Crippen molar-refractivity contribution in [3.05, 3.63) is 53.8 Å². The molecule has 0 aliphatic rings. The molecule has 0 heterocycles. The molecule has 0 aliphatic carbocycles. The van der Waals surface area contributed by atoms with Crippen LogP contribution in [0.25, 0.3) is 0 Å². The molecule has 2 N–H and O–H groups in total. The molecule has 0 radical (unpaired) electrons. The van der Waals surface area contributed by atoms with Gasteiger partial charge in [0, 0.05) is 12.1 Å². The molecule has 0 aliphatic heterocycles. The van der Waals surface area contributed by atoms with E-state index in [4.69, 9.17) is 9.84 Å². The van der Waals surface area contributed by atoms with Gasteiger partial charge in [-0.15, -0.1) is 0 Å². The number of benzene rings is 2. The fourth-order valence-electron chi connectivity index (χ4n) is 1.74. The van der Waals surface area contributed by atoms with Crippen LogP contribution in [0.5, 0.6) is 5.75 Å². The largest absolute Gasteiger partial charge is 0.489 e. The van der Waals surface area contributed by atoms with E-state index in [2.05, 4.69) is 4.72 Å². The van der Waals surface area contributed by atoms with Crippen LogP contribution < -0.4 is 9.46 Å². The Morgan fingerprint density at radius 2 is 1.65 bits per heavy atom. The van der Waals surface area contributed by atoms with Crippen LogP contribution in [-0.4, -0.2) is 26.7 Å². The van der Waals surface area contributed by atoms with Gasteiger partial charge in [0.1, 0.15) is 29.8 Å². The van der Waals surface area contributed by atoms with Crippen LogP contribution in [0.1, 0.15) is 0 Å². The molecule has 0 unspecified atom stereocenters. The molecule has 0 aromatic heterocycles. The molecule has 0 fully saturated rings. The molecule has 0 spiro atoms. The maximum atomic E-state index is 13.2. The van der Waals surface area contributed by atoms with Gasteiger partial charge in [-0.1, -0.05) is 0 Å². The van der Waals surface area contributed by atoms with Gasteiger partial charge in [-0.3, -0.25) is 4.72 Å². The predicted octanol–water partition coefficient (Wildman–Crippen LogP) is 2.28. The lowest BCUT2D eigenvalue weighted by molar-refractivity contribution is 0.201. The fraction of sp³-hybridized carbons (Fsp3) is 0.143. The summed E-state index contributed by atoms with van der Waals surface area (Å²) < 4.78 is 71.0. The van der Waals surface area contributed by atoms with Gasteiger partial charge in [-0.2, -0.15) is 0 Å². The molecule has 0 bridgehead atoms. The van der Waals surface area contributed by atoms with Crippen molar-refractivity contribution in [2.75, 3.05) is 17.9 Å². The maximum absolute atomic E-state index is 13.2. The molecule has 124 valence electrons. The lowest BCUT2D eigenvalue weighted by Crippen LogP contribution is -2.15. The average Bonchev–Trinajstić information content (AvgIpc) is 2.46. The van der Waals surface area contributed by atoms with Gasteiger partial charge < -0.3 is 9.84 Å². The van der Waals surface area contributed by atoms with Crippen molar-refractivity contribution < 1.29 is 31.4 Å². The number of rotatable bonds is 6. The van der Waals surface area contributed by atoms with Gasteiger partial charge in [-0.25, -0.2) is 21.6 Å². The maximum Gasteiger partial charge on any atom is 0.262 e. The second kappa shape index (κ2) is 6.88. The zero-order valence-electron chi connectivity index (χ0n) is 11.6. The number of aliphatic hydroxyl groups excluding tert-OH is 1. The monoisotopic (exact) mass is 347 g/mol. The number of halogens is 3. The Bertz CT molecular complexity index is 791. The van der Waals surface area contributed by atoms with E-state index < -0.39 is 32.4 Å². The molecule has 0 atom stereocenters. The van der Waals surface area contributed by atoms with Gasteiger partial charge >= 0.3 is 0 Å². The van der Waals surface area contributed by atoms with Crippen LogP contribution in [-0.2, 0) is 10.0 Å². The number of nitrogens with one attached hydrogen (secondary N) is 1. The van der Waals surface area contributed by atoms with Gasteiger partial charge in [0.2, 0.25) is 0 Å². The molecule has 2 rings (SSSR count). The zero-order chi connectivity index (χ0) is 17.0. The third kappa shape index (κ3) is 4.36. The molecule has 0 amide bonds. The van der Waals surface area contributed by atoms with E-state index in [1.807, 2.05) is 0 Å². The normalized spacial score (nSPS) is 11.3. The standard InChI is InChI=1S/C14H12F3NO4S/c15-9-1-2-13(14(8-9)22-4-3-19)18-23(20,21)12-6-10(16)5-11(17)7-12/h1-2,5-8,18-19H,3-4H2. The first kappa shape index (κ1) is 17.1. The highest BCUT2D eigenvalue weighted by Gasteiger charge is 2.19. The molecule has 23 heavy (non-hydrogen) atoms. The second-order valence-corrected chi connectivity index (χ2v) is 6.11. The van der Waals surface area contributed by atoms with Gasteiger partial charge in [0.05, 0.1) is 17.2 Å². The Labute approximate surface area is 130 Å². The van der Waals surface area contributed by atoms with Crippen molar-refractivity contribution in [1.82, 2.24) is 0 Å². The Hall–Kier alpha value is -2.26. The summed E-state index contributed by atoms with van der Waals surface area (Å²) in [5, 5.41) is 8.72. The summed E-state index contributed by atoms with van der Waals surface area (Å²) in [6, 6.07) is 4.81. The lowest BCUT2D eigenvalue weighted by atomic mass is 10.3. The second-order valence-electron chi connectivity index (χ2n) is 4.42. The van der Waals surface area contributed by atoms with Crippen molar-refractivity contribution in [2.45, 2.75) is 4.90 Å². The van der Waals surface area contributed by atoms with Crippen LogP contribution in [0, 0.1) is 17.5 Å². The van der Waals surface area contributed by atoms with Crippen molar-refractivity contribution in [3.63, 3.8) is 0 Å². The van der Waals surface area contributed by atoms with Crippen LogP contribution in [0.15, 0.2) is 41.3 Å². The molecule has 9 heteroatoms. The molecular formula is C14H12F3NO4S. The highest BCUT2D eigenvalue weighted by Crippen LogP contribution is 2.28. The van der Waals surface area contributed by atoms with Crippen LogP contribution in [0.4, 0.5) is 18.9 Å². The topological polar surface area (TPSA) is 75.6 Å². The highest BCUT2D eigenvalue weighted by molar-refractivity contribution is 7.92. The average molecular weight is 347 g/mol. The lowest BCUT2D eigenvalue weighted by Gasteiger charge is -2.13. The zero-order valence-corrected chi connectivity index (χ0v) is 12.4. The number of sulfonamides is 1. The predicted molar refractivity (Wildman–Crippen MR) is 76.1 cm³/mol. The SMILES string of the molecule is O=S(=O)(Nc1ccc(F)cc1OCCO)c1cc(F)cc(F)c1. The number of aliphatic hydroxyl groups is 1. The Kier molecular flexibility index (Phi) is 5.12. The molecule has 0 saturated carbocycles. The van der Waals surface area contributed by atoms with E-state index in [0.29, 0.717) is 18.2 Å². The third-order valence-corrected chi connectivity index (χ3v) is 4.03. The van der Waals surface area contributed by atoms with E-state index in [0.717, 1.165) is 18.2 Å². The minimum Gasteiger partial charge on any atom is -0.489 e. The first-order chi connectivity index (χ1) is 10.8. The summed E-state index contributed by atoms with van der Waals surface area (Å²) in [7, 11) is -4.31. The first-order valence-corrected chi connectivity index (χ1v) is 7.82. The Morgan fingerprint density at radius 1 is 1.00 bits per heavy atom. The summed E-state index contributed by atoms with van der Waals surface area (Å²) in [5.41, 5.74) is -0.135. The summed E-state index contributed by atoms with van der Waals surface area (Å²) in [4.78, 5) is -0.632. The van der Waals surface area contributed by atoms with Crippen molar-refractivity contribution in [3.8, 4) is 5.75 Å². The number of anilines is 1. The number of ether oxygens (including phenoxy) is 1. The molecule has 2 aromatic carbocycles. The summed E-state index contributed by atoms with van der Waals surface area (Å²) in [6.07, 6.45) is 0. The third-order valence-electron chi connectivity index (χ3n) is 2.68. The number of hydrogen-bond acceptors (Lipinski definition) is 4. The van der Waals surface area contributed by atoms with Crippen molar-refractivity contribution in [1.29, 1.82) is 0 Å². The smallest absolute Gasteiger partial charge is 0.262 e. The number of hydrogen-bond donors (Lipinski definition) is 2. The van der Waals surface area contributed by atoms with E-state index in [1.54, 1.807) is 0 Å². The molecule has 2 aromatic rings. The minimum absolute atomic E-state index is 0.135. The minimum atomic E-state index is -4.31. The molecule has 0 saturated heterocycles. The first-order valence-electron chi connectivity index (χ1n) is 6.34. The van der Waals surface area contributed by atoms with E-state index in [9.17, 15) is 21.6 Å². The molecular weight excluding hydrogens is 335 g/mol. The van der Waals surface area contributed by atoms with E-state index in [1.165, 1.54) is 0 Å². The van der Waals surface area contributed by atoms with E-state index in [-0.39, 0.29) is 24.7 Å². The van der Waals surface area contributed by atoms with Gasteiger partial charge in [-0.05, 0) is 24.3 Å². The van der Waals surface area contributed by atoms with Gasteiger partial charge in [0.25, 0.3) is 10.0 Å². The summed E-state index contributed by atoms with van der Waals surface area (Å²) in [5.74, 6) is -2.96. The van der Waals surface area contributed by atoms with Crippen LogP contribution in [0.2, 0.25) is 0 Å². The summed E-state index contributed by atoms with van der Waals surface area (Å²) in [6.45, 7) is -0.551. The highest BCUT2D eigenvalue weighted by atomic mass is 32.2.